The first-order valence-electron chi connectivity index (χ1n) is 7.65. The van der Waals surface area contributed by atoms with Crippen molar-refractivity contribution in [1.29, 1.82) is 0 Å². The Morgan fingerprint density at radius 1 is 1.14 bits per heavy atom. The molecule has 1 heterocycles. The Hall–Kier alpha value is -1.94. The van der Waals surface area contributed by atoms with Crippen LogP contribution in [0.1, 0.15) is 31.0 Å². The highest BCUT2D eigenvalue weighted by molar-refractivity contribution is 5.59. The van der Waals surface area contributed by atoms with Crippen LogP contribution < -0.4 is 10.2 Å². The van der Waals surface area contributed by atoms with Gasteiger partial charge in [0.25, 0.3) is 0 Å². The molecule has 1 N–H and O–H groups in total. The van der Waals surface area contributed by atoms with Gasteiger partial charge >= 0.3 is 0 Å². The largest absolute Gasteiger partial charge is 0.325 e. The molecule has 1 aliphatic rings. The van der Waals surface area contributed by atoms with Gasteiger partial charge in [-0.2, -0.15) is 0 Å². The van der Waals surface area contributed by atoms with Gasteiger partial charge in [-0.3, -0.25) is 4.98 Å². The second-order valence-electron chi connectivity index (χ2n) is 5.60. The van der Waals surface area contributed by atoms with E-state index >= 15 is 0 Å². The summed E-state index contributed by atoms with van der Waals surface area (Å²) < 4.78 is 0. The summed E-state index contributed by atoms with van der Waals surface area (Å²) in [5.74, 6) is 0.900. The summed E-state index contributed by atoms with van der Waals surface area (Å²) in [7, 11) is 0. The molecule has 4 nitrogen and oxygen atoms in total. The van der Waals surface area contributed by atoms with Crippen LogP contribution >= 0.6 is 0 Å². The molecule has 1 aromatic heterocycles. The molecule has 1 aromatic carbocycles. The van der Waals surface area contributed by atoms with Crippen molar-refractivity contribution in [3.63, 3.8) is 0 Å². The van der Waals surface area contributed by atoms with Crippen molar-refractivity contribution in [3.05, 3.63) is 47.9 Å². The van der Waals surface area contributed by atoms with Crippen LogP contribution in [-0.2, 0) is 6.54 Å². The molecular weight excluding hydrogens is 260 g/mol. The molecule has 110 valence electrons. The van der Waals surface area contributed by atoms with Crippen LogP contribution in [0.15, 0.2) is 36.7 Å². The number of hydrogen-bond acceptors (Lipinski definition) is 4. The highest BCUT2D eigenvalue weighted by atomic mass is 15.2. The second kappa shape index (κ2) is 6.22. The lowest BCUT2D eigenvalue weighted by molar-refractivity contribution is 0.671. The molecular formula is C17H22N4. The van der Waals surface area contributed by atoms with Crippen molar-refractivity contribution < 1.29 is 0 Å². The predicted molar refractivity (Wildman–Crippen MR) is 85.8 cm³/mol. The van der Waals surface area contributed by atoms with Gasteiger partial charge in [-0.25, -0.2) is 4.98 Å². The maximum absolute atomic E-state index is 4.57. The zero-order valence-electron chi connectivity index (χ0n) is 12.7. The first-order chi connectivity index (χ1) is 10.3. The third kappa shape index (κ3) is 3.58. The van der Waals surface area contributed by atoms with Gasteiger partial charge in [-0.05, 0) is 38.8 Å². The van der Waals surface area contributed by atoms with Crippen molar-refractivity contribution >= 4 is 11.5 Å². The number of aryl methyl sites for hydroxylation is 1. The molecule has 0 atom stereocenters. The SMILES string of the molecule is CCN(c1ccc(C)cc1)c1cnc(CNC2CC2)cn1. The van der Waals surface area contributed by atoms with Crippen molar-refractivity contribution in [2.24, 2.45) is 0 Å². The second-order valence-corrected chi connectivity index (χ2v) is 5.60. The molecule has 3 rings (SSSR count). The monoisotopic (exact) mass is 282 g/mol. The minimum Gasteiger partial charge on any atom is -0.325 e. The van der Waals surface area contributed by atoms with E-state index in [1.807, 2.05) is 12.4 Å². The number of benzene rings is 1. The highest BCUT2D eigenvalue weighted by Crippen LogP contribution is 2.23. The van der Waals surface area contributed by atoms with Crippen LogP contribution in [0.3, 0.4) is 0 Å². The Kier molecular flexibility index (Phi) is 4.15. The van der Waals surface area contributed by atoms with Crippen molar-refractivity contribution in [2.75, 3.05) is 11.4 Å². The molecule has 0 amide bonds. The first-order valence-corrected chi connectivity index (χ1v) is 7.65. The van der Waals surface area contributed by atoms with E-state index in [0.717, 1.165) is 30.3 Å². The maximum atomic E-state index is 4.57. The van der Waals surface area contributed by atoms with E-state index in [1.165, 1.54) is 18.4 Å². The molecule has 0 saturated heterocycles. The number of aromatic nitrogens is 2. The summed E-state index contributed by atoms with van der Waals surface area (Å²) in [5, 5.41) is 3.46. The predicted octanol–water partition coefficient (Wildman–Crippen LogP) is 3.20. The van der Waals surface area contributed by atoms with Gasteiger partial charge < -0.3 is 10.2 Å². The highest BCUT2D eigenvalue weighted by Gasteiger charge is 2.20. The van der Waals surface area contributed by atoms with E-state index in [-0.39, 0.29) is 0 Å². The lowest BCUT2D eigenvalue weighted by Crippen LogP contribution is -2.19. The summed E-state index contributed by atoms with van der Waals surface area (Å²) >= 11 is 0. The average Bonchev–Trinajstić information content (AvgIpc) is 3.33. The zero-order valence-corrected chi connectivity index (χ0v) is 12.7. The summed E-state index contributed by atoms with van der Waals surface area (Å²) in [4.78, 5) is 11.3. The zero-order chi connectivity index (χ0) is 14.7. The molecule has 0 aliphatic heterocycles. The van der Waals surface area contributed by atoms with E-state index in [9.17, 15) is 0 Å². The molecule has 1 saturated carbocycles. The Labute approximate surface area is 126 Å². The van der Waals surface area contributed by atoms with Crippen molar-refractivity contribution in [3.8, 4) is 0 Å². The number of nitrogens with zero attached hydrogens (tertiary/aromatic N) is 3. The maximum Gasteiger partial charge on any atom is 0.151 e. The van der Waals surface area contributed by atoms with Crippen LogP contribution in [0.4, 0.5) is 11.5 Å². The lowest BCUT2D eigenvalue weighted by atomic mass is 10.2. The molecule has 1 fully saturated rings. The molecule has 4 heteroatoms. The van der Waals surface area contributed by atoms with Crippen molar-refractivity contribution in [2.45, 2.75) is 39.3 Å². The molecule has 21 heavy (non-hydrogen) atoms. The third-order valence-corrected chi connectivity index (χ3v) is 3.78. The lowest BCUT2D eigenvalue weighted by Gasteiger charge is -2.22. The summed E-state index contributed by atoms with van der Waals surface area (Å²) in [6, 6.07) is 9.20. The summed E-state index contributed by atoms with van der Waals surface area (Å²) in [6.45, 7) is 5.91. The number of hydrogen-bond donors (Lipinski definition) is 1. The van der Waals surface area contributed by atoms with Crippen LogP contribution in [0.2, 0.25) is 0 Å². The quantitative estimate of drug-likeness (QED) is 0.883. The molecule has 1 aliphatic carbocycles. The van der Waals surface area contributed by atoms with Gasteiger partial charge in [0.1, 0.15) is 0 Å². The van der Waals surface area contributed by atoms with Crippen LogP contribution in [0, 0.1) is 6.92 Å². The van der Waals surface area contributed by atoms with Crippen LogP contribution in [0.25, 0.3) is 0 Å². The van der Waals surface area contributed by atoms with Gasteiger partial charge in [0.05, 0.1) is 18.1 Å². The van der Waals surface area contributed by atoms with Gasteiger partial charge in [0.15, 0.2) is 5.82 Å². The van der Waals surface area contributed by atoms with Gasteiger partial charge in [-0.1, -0.05) is 17.7 Å². The van der Waals surface area contributed by atoms with E-state index in [1.54, 1.807) is 0 Å². The Bertz CT molecular complexity index is 573. The number of nitrogens with one attached hydrogen (secondary N) is 1. The molecule has 0 spiro atoms. The minimum absolute atomic E-state index is 0.700. The van der Waals surface area contributed by atoms with Gasteiger partial charge in [-0.15, -0.1) is 0 Å². The third-order valence-electron chi connectivity index (χ3n) is 3.78. The van der Waals surface area contributed by atoms with Gasteiger partial charge in [0, 0.05) is 24.8 Å². The fourth-order valence-electron chi connectivity index (χ4n) is 2.32. The Morgan fingerprint density at radius 3 is 2.48 bits per heavy atom. The Balaban J connectivity index is 1.72. The van der Waals surface area contributed by atoms with E-state index < -0.39 is 0 Å². The minimum atomic E-state index is 0.700. The standard InChI is InChI=1S/C17H22N4/c1-3-21(16-8-4-13(2)5-9-16)17-12-19-15(11-20-17)10-18-14-6-7-14/h4-5,8-9,11-12,14,18H,3,6-7,10H2,1-2H3. The average molecular weight is 282 g/mol. The molecule has 2 aromatic rings. The normalized spacial score (nSPS) is 14.2. The first kappa shape index (κ1) is 14.0. The molecule has 0 radical (unpaired) electrons. The van der Waals surface area contributed by atoms with E-state index in [2.05, 4.69) is 58.3 Å². The topological polar surface area (TPSA) is 41.1 Å². The fraction of sp³-hybridized carbons (Fsp3) is 0.412. The summed E-state index contributed by atoms with van der Waals surface area (Å²) in [5.41, 5.74) is 3.43. The van der Waals surface area contributed by atoms with E-state index in [0.29, 0.717) is 6.04 Å². The Morgan fingerprint density at radius 2 is 1.90 bits per heavy atom. The van der Waals surface area contributed by atoms with E-state index in [4.69, 9.17) is 0 Å². The smallest absolute Gasteiger partial charge is 0.151 e. The number of rotatable bonds is 6. The van der Waals surface area contributed by atoms with Crippen LogP contribution in [-0.4, -0.2) is 22.6 Å². The van der Waals surface area contributed by atoms with Crippen LogP contribution in [0.5, 0.6) is 0 Å². The van der Waals surface area contributed by atoms with Crippen molar-refractivity contribution in [1.82, 2.24) is 15.3 Å². The molecule has 0 bridgehead atoms. The fourth-order valence-corrected chi connectivity index (χ4v) is 2.32. The number of anilines is 2. The van der Waals surface area contributed by atoms with Gasteiger partial charge in [0.2, 0.25) is 0 Å². The molecule has 0 unspecified atom stereocenters. The summed E-state index contributed by atoms with van der Waals surface area (Å²) in [6.07, 6.45) is 6.33.